The van der Waals surface area contributed by atoms with Crippen LogP contribution in [0.25, 0.3) is 0 Å². The number of nitrogens with one attached hydrogen (secondary N) is 1. The molecule has 2 heterocycles. The number of carbonyl (C=O) groups is 1. The van der Waals surface area contributed by atoms with Crippen molar-refractivity contribution in [2.75, 3.05) is 53.0 Å². The molecule has 0 saturated carbocycles. The summed E-state index contributed by atoms with van der Waals surface area (Å²) in [4.78, 5) is 20.7. The lowest BCUT2D eigenvalue weighted by Crippen LogP contribution is -2.54. The molecule has 1 amide bonds. The molecular weight excluding hydrogens is 342 g/mol. The van der Waals surface area contributed by atoms with Crippen LogP contribution in [0, 0.1) is 11.8 Å². The molecule has 2 unspecified atom stereocenters. The Hall–Kier alpha value is -1.34. The topological polar surface area (TPSA) is 83.2 Å². The molecule has 0 spiro atoms. The number of nitrogens with zero attached hydrogens (tertiary/aromatic N) is 3. The van der Waals surface area contributed by atoms with Crippen molar-refractivity contribution < 1.29 is 9.53 Å². The van der Waals surface area contributed by atoms with Crippen LogP contribution in [0.3, 0.4) is 0 Å². The number of rotatable bonds is 8. The predicted molar refractivity (Wildman–Crippen MR) is 110 cm³/mol. The summed E-state index contributed by atoms with van der Waals surface area (Å²) in [6, 6.07) is 0.492. The number of primary amides is 1. The van der Waals surface area contributed by atoms with Crippen molar-refractivity contribution in [3.8, 4) is 0 Å². The molecule has 0 aromatic carbocycles. The maximum atomic E-state index is 11.3. The highest BCUT2D eigenvalue weighted by Gasteiger charge is 2.28. The molecule has 2 aliphatic heterocycles. The molecule has 0 bridgehead atoms. The number of piperidine rings is 1. The summed E-state index contributed by atoms with van der Waals surface area (Å²) < 4.78 is 5.55. The lowest BCUT2D eigenvalue weighted by Gasteiger charge is -2.40. The van der Waals surface area contributed by atoms with Crippen molar-refractivity contribution in [3.05, 3.63) is 0 Å². The van der Waals surface area contributed by atoms with E-state index in [1.165, 1.54) is 12.8 Å². The standard InChI is InChI=1S/C20H39N5O2/c1-4-17(5-2)18(24-9-11-27-12-10-24)14-23-20(22-3)25-8-6-7-16(15-25)13-19(21)26/h16-18H,4-15H2,1-3H3,(H2,21,26)(H,22,23). The number of guanidine groups is 1. The van der Waals surface area contributed by atoms with E-state index in [-0.39, 0.29) is 5.91 Å². The first-order valence-electron chi connectivity index (χ1n) is 10.6. The van der Waals surface area contributed by atoms with Gasteiger partial charge in [-0.2, -0.15) is 0 Å². The third kappa shape index (κ3) is 6.64. The first kappa shape index (κ1) is 22.0. The van der Waals surface area contributed by atoms with Gasteiger partial charge < -0.3 is 20.7 Å². The smallest absolute Gasteiger partial charge is 0.217 e. The Bertz CT molecular complexity index is 475. The maximum absolute atomic E-state index is 11.3. The van der Waals surface area contributed by atoms with Gasteiger partial charge in [0.25, 0.3) is 0 Å². The zero-order valence-corrected chi connectivity index (χ0v) is 17.5. The Morgan fingerprint density at radius 2 is 1.96 bits per heavy atom. The number of likely N-dealkylation sites (tertiary alicyclic amines) is 1. The van der Waals surface area contributed by atoms with Crippen LogP contribution in [-0.2, 0) is 9.53 Å². The first-order valence-corrected chi connectivity index (χ1v) is 10.6. The van der Waals surface area contributed by atoms with E-state index in [1.807, 2.05) is 7.05 Å². The quantitative estimate of drug-likeness (QED) is 0.489. The normalized spacial score (nSPS) is 23.5. The summed E-state index contributed by atoms with van der Waals surface area (Å²) in [6.45, 7) is 11.0. The SMILES string of the molecule is CCC(CC)C(CNC(=NC)N1CCCC(CC(N)=O)C1)N1CCOCC1. The minimum absolute atomic E-state index is 0.203. The van der Waals surface area contributed by atoms with Crippen molar-refractivity contribution in [2.24, 2.45) is 22.6 Å². The molecule has 2 saturated heterocycles. The van der Waals surface area contributed by atoms with E-state index < -0.39 is 0 Å². The van der Waals surface area contributed by atoms with Gasteiger partial charge in [0.2, 0.25) is 5.91 Å². The van der Waals surface area contributed by atoms with Gasteiger partial charge in [-0.25, -0.2) is 0 Å². The monoisotopic (exact) mass is 381 g/mol. The average Bonchev–Trinajstić information content (AvgIpc) is 2.68. The number of amides is 1. The molecule has 27 heavy (non-hydrogen) atoms. The third-order valence-electron chi connectivity index (χ3n) is 6.10. The Kier molecular flexibility index (Phi) is 9.34. The van der Waals surface area contributed by atoms with Crippen LogP contribution in [0.15, 0.2) is 4.99 Å². The van der Waals surface area contributed by atoms with Crippen molar-refractivity contribution >= 4 is 11.9 Å². The molecule has 2 aliphatic rings. The second-order valence-corrected chi connectivity index (χ2v) is 7.85. The van der Waals surface area contributed by atoms with Crippen molar-refractivity contribution in [1.29, 1.82) is 0 Å². The van der Waals surface area contributed by atoms with Crippen LogP contribution in [0.5, 0.6) is 0 Å². The lowest BCUT2D eigenvalue weighted by molar-refractivity contribution is -0.119. The van der Waals surface area contributed by atoms with E-state index >= 15 is 0 Å². The van der Waals surface area contributed by atoms with Gasteiger partial charge in [-0.1, -0.05) is 26.7 Å². The van der Waals surface area contributed by atoms with Gasteiger partial charge in [0.05, 0.1) is 13.2 Å². The minimum atomic E-state index is -0.203. The van der Waals surface area contributed by atoms with E-state index in [4.69, 9.17) is 10.5 Å². The zero-order chi connectivity index (χ0) is 19.6. The molecule has 7 heteroatoms. The molecule has 0 radical (unpaired) electrons. The van der Waals surface area contributed by atoms with Crippen LogP contribution in [0.4, 0.5) is 0 Å². The van der Waals surface area contributed by atoms with E-state index in [2.05, 4.69) is 34.0 Å². The van der Waals surface area contributed by atoms with Crippen LogP contribution in [0.2, 0.25) is 0 Å². The van der Waals surface area contributed by atoms with Gasteiger partial charge >= 0.3 is 0 Å². The van der Waals surface area contributed by atoms with Gasteiger partial charge in [0.1, 0.15) is 0 Å². The highest BCUT2D eigenvalue weighted by Crippen LogP contribution is 2.21. The van der Waals surface area contributed by atoms with Crippen LogP contribution < -0.4 is 11.1 Å². The van der Waals surface area contributed by atoms with E-state index in [1.54, 1.807) is 0 Å². The fourth-order valence-electron chi connectivity index (χ4n) is 4.57. The summed E-state index contributed by atoms with van der Waals surface area (Å²) in [6.07, 6.45) is 4.99. The fraction of sp³-hybridized carbons (Fsp3) is 0.900. The van der Waals surface area contributed by atoms with Crippen molar-refractivity contribution in [2.45, 2.75) is 52.0 Å². The maximum Gasteiger partial charge on any atom is 0.217 e. The largest absolute Gasteiger partial charge is 0.379 e. The molecule has 2 rings (SSSR count). The summed E-state index contributed by atoms with van der Waals surface area (Å²) in [7, 11) is 1.85. The molecule has 0 aliphatic carbocycles. The van der Waals surface area contributed by atoms with E-state index in [0.29, 0.717) is 24.3 Å². The lowest BCUT2D eigenvalue weighted by atomic mass is 9.92. The predicted octanol–water partition coefficient (Wildman–Crippen LogP) is 1.29. The summed E-state index contributed by atoms with van der Waals surface area (Å²) in [5, 5.41) is 3.64. The molecule has 2 atom stereocenters. The summed E-state index contributed by atoms with van der Waals surface area (Å²) >= 11 is 0. The highest BCUT2D eigenvalue weighted by atomic mass is 16.5. The Morgan fingerprint density at radius 3 is 2.56 bits per heavy atom. The Balaban J connectivity index is 1.97. The number of nitrogens with two attached hydrogens (primary N) is 1. The Morgan fingerprint density at radius 1 is 1.26 bits per heavy atom. The van der Waals surface area contributed by atoms with E-state index in [0.717, 1.165) is 64.7 Å². The number of carbonyl (C=O) groups excluding carboxylic acids is 1. The molecule has 156 valence electrons. The molecule has 0 aromatic heterocycles. The fourth-order valence-corrected chi connectivity index (χ4v) is 4.57. The summed E-state index contributed by atoms with van der Waals surface area (Å²) in [5.74, 6) is 1.75. The molecule has 2 fully saturated rings. The Labute approximate surface area is 164 Å². The van der Waals surface area contributed by atoms with Gasteiger partial charge in [-0.3, -0.25) is 14.7 Å². The molecular formula is C20H39N5O2. The van der Waals surface area contributed by atoms with Crippen LogP contribution >= 0.6 is 0 Å². The summed E-state index contributed by atoms with van der Waals surface area (Å²) in [5.41, 5.74) is 5.40. The van der Waals surface area contributed by atoms with Gasteiger partial charge in [0.15, 0.2) is 5.96 Å². The molecule has 0 aromatic rings. The number of hydrogen-bond donors (Lipinski definition) is 2. The van der Waals surface area contributed by atoms with Crippen LogP contribution in [0.1, 0.15) is 46.0 Å². The highest BCUT2D eigenvalue weighted by molar-refractivity contribution is 5.80. The average molecular weight is 382 g/mol. The van der Waals surface area contributed by atoms with Crippen molar-refractivity contribution in [1.82, 2.24) is 15.1 Å². The van der Waals surface area contributed by atoms with E-state index in [9.17, 15) is 4.79 Å². The molecule has 3 N–H and O–H groups in total. The van der Waals surface area contributed by atoms with Gasteiger partial charge in [-0.05, 0) is 24.7 Å². The van der Waals surface area contributed by atoms with Gasteiger partial charge in [0, 0.05) is 52.2 Å². The van der Waals surface area contributed by atoms with Crippen molar-refractivity contribution in [3.63, 3.8) is 0 Å². The number of hydrogen-bond acceptors (Lipinski definition) is 4. The van der Waals surface area contributed by atoms with Gasteiger partial charge in [-0.15, -0.1) is 0 Å². The molecule has 7 nitrogen and oxygen atoms in total. The number of morpholine rings is 1. The number of aliphatic imine (C=N–C) groups is 1. The third-order valence-corrected chi connectivity index (χ3v) is 6.10. The van der Waals surface area contributed by atoms with Crippen LogP contribution in [-0.4, -0.2) is 80.7 Å². The minimum Gasteiger partial charge on any atom is -0.379 e. The number of ether oxygens (including phenoxy) is 1. The second-order valence-electron chi connectivity index (χ2n) is 7.85. The first-order chi connectivity index (χ1) is 13.1. The zero-order valence-electron chi connectivity index (χ0n) is 17.5. The second kappa shape index (κ2) is 11.5.